The molecule has 0 spiro atoms. The first-order valence-corrected chi connectivity index (χ1v) is 8.60. The van der Waals surface area contributed by atoms with E-state index in [1.165, 1.54) is 20.3 Å². The summed E-state index contributed by atoms with van der Waals surface area (Å²) in [6.07, 6.45) is 9.44. The summed E-state index contributed by atoms with van der Waals surface area (Å²) in [5, 5.41) is 0. The Hall–Kier alpha value is -3.35. The van der Waals surface area contributed by atoms with Crippen LogP contribution in [0.3, 0.4) is 0 Å². The van der Waals surface area contributed by atoms with Crippen molar-refractivity contribution >= 4 is 28.7 Å². The van der Waals surface area contributed by atoms with Crippen LogP contribution < -0.4 is 4.90 Å². The van der Waals surface area contributed by atoms with Crippen molar-refractivity contribution in [3.63, 3.8) is 0 Å². The summed E-state index contributed by atoms with van der Waals surface area (Å²) in [6, 6.07) is 5.70. The lowest BCUT2D eigenvalue weighted by atomic mass is 10.1. The van der Waals surface area contributed by atoms with Crippen LogP contribution >= 0.6 is 0 Å². The molecule has 140 valence electrons. The Kier molecular flexibility index (Phi) is 5.40. The molecule has 3 rings (SSSR count). The van der Waals surface area contributed by atoms with Crippen molar-refractivity contribution in [2.45, 2.75) is 19.9 Å². The number of hydrogen-bond donors (Lipinski definition) is 0. The number of benzene rings is 1. The SMILES string of the molecule is CCCn1cnc2cc(N3C=CC=CC(C(=O)OC)=C3C(=O)OC)ccc21. The number of carbonyl (C=O) groups is 2. The van der Waals surface area contributed by atoms with Crippen LogP contribution in [0.25, 0.3) is 11.0 Å². The average molecular weight is 367 g/mol. The lowest BCUT2D eigenvalue weighted by Gasteiger charge is -2.23. The molecule has 0 atom stereocenters. The molecule has 0 unspecified atom stereocenters. The Morgan fingerprint density at radius 3 is 2.59 bits per heavy atom. The van der Waals surface area contributed by atoms with Crippen molar-refractivity contribution in [2.75, 3.05) is 19.1 Å². The number of rotatable bonds is 5. The summed E-state index contributed by atoms with van der Waals surface area (Å²) >= 11 is 0. The Morgan fingerprint density at radius 1 is 1.11 bits per heavy atom. The van der Waals surface area contributed by atoms with Crippen molar-refractivity contribution in [1.29, 1.82) is 0 Å². The fourth-order valence-corrected chi connectivity index (χ4v) is 2.99. The molecule has 1 aromatic heterocycles. The van der Waals surface area contributed by atoms with Crippen molar-refractivity contribution in [3.8, 4) is 0 Å². The molecule has 2 aromatic rings. The van der Waals surface area contributed by atoms with Crippen LogP contribution in [-0.4, -0.2) is 35.7 Å². The molecular formula is C20H21N3O4. The van der Waals surface area contributed by atoms with Gasteiger partial charge in [-0.25, -0.2) is 14.6 Å². The number of ether oxygens (including phenoxy) is 2. The highest BCUT2D eigenvalue weighted by Gasteiger charge is 2.27. The minimum Gasteiger partial charge on any atom is -0.465 e. The molecule has 0 amide bonds. The summed E-state index contributed by atoms with van der Waals surface area (Å²) in [4.78, 5) is 30.7. The summed E-state index contributed by atoms with van der Waals surface area (Å²) in [5.41, 5.74) is 2.70. The number of anilines is 1. The Balaban J connectivity index is 2.13. The molecule has 7 nitrogen and oxygen atoms in total. The molecule has 0 aliphatic carbocycles. The van der Waals surface area contributed by atoms with E-state index in [0.29, 0.717) is 5.69 Å². The van der Waals surface area contributed by atoms with E-state index < -0.39 is 11.9 Å². The van der Waals surface area contributed by atoms with Crippen molar-refractivity contribution in [1.82, 2.24) is 9.55 Å². The van der Waals surface area contributed by atoms with Gasteiger partial charge in [0.05, 0.1) is 37.2 Å². The maximum absolute atomic E-state index is 12.5. The average Bonchev–Trinajstić information content (AvgIpc) is 2.95. The molecule has 0 fully saturated rings. The lowest BCUT2D eigenvalue weighted by molar-refractivity contribution is -0.139. The summed E-state index contributed by atoms with van der Waals surface area (Å²) in [7, 11) is 2.55. The fraction of sp³-hybridized carbons (Fsp3) is 0.250. The summed E-state index contributed by atoms with van der Waals surface area (Å²) < 4.78 is 11.8. The van der Waals surface area contributed by atoms with Crippen LogP contribution in [-0.2, 0) is 25.6 Å². The van der Waals surface area contributed by atoms with Gasteiger partial charge in [-0.1, -0.05) is 13.0 Å². The third kappa shape index (κ3) is 3.48. The topological polar surface area (TPSA) is 73.7 Å². The van der Waals surface area contributed by atoms with Gasteiger partial charge in [-0.2, -0.15) is 0 Å². The van der Waals surface area contributed by atoms with E-state index in [1.54, 1.807) is 29.6 Å². The quantitative estimate of drug-likeness (QED) is 0.757. The number of imidazole rings is 1. The second-order valence-electron chi connectivity index (χ2n) is 5.93. The number of aryl methyl sites for hydroxylation is 1. The molecule has 0 radical (unpaired) electrons. The Labute approximate surface area is 157 Å². The highest BCUT2D eigenvalue weighted by atomic mass is 16.5. The van der Waals surface area contributed by atoms with Crippen molar-refractivity contribution < 1.29 is 19.1 Å². The molecule has 1 aromatic carbocycles. The van der Waals surface area contributed by atoms with Crippen LogP contribution in [0.2, 0.25) is 0 Å². The molecule has 0 saturated heterocycles. The summed E-state index contributed by atoms with van der Waals surface area (Å²) in [6.45, 7) is 2.99. The molecule has 7 heteroatoms. The molecule has 0 bridgehead atoms. The van der Waals surface area contributed by atoms with Gasteiger partial charge in [0.2, 0.25) is 0 Å². The number of allylic oxidation sites excluding steroid dienone is 2. The number of aromatic nitrogens is 2. The standard InChI is InChI=1S/C20H21N3O4/c1-4-10-22-13-21-16-12-14(8-9-17(16)22)23-11-6-5-7-15(19(24)26-2)18(23)20(25)27-3/h5-9,11-13H,4,10H2,1-3H3. The second-order valence-corrected chi connectivity index (χ2v) is 5.93. The van der Waals surface area contributed by atoms with Crippen molar-refractivity contribution in [3.05, 3.63) is 60.2 Å². The minimum atomic E-state index is -0.636. The largest absolute Gasteiger partial charge is 0.465 e. The van der Waals surface area contributed by atoms with Crippen LogP contribution in [0.5, 0.6) is 0 Å². The Morgan fingerprint density at radius 2 is 1.89 bits per heavy atom. The van der Waals surface area contributed by atoms with Gasteiger partial charge < -0.3 is 18.9 Å². The zero-order valence-corrected chi connectivity index (χ0v) is 15.5. The van der Waals surface area contributed by atoms with Gasteiger partial charge in [0, 0.05) is 18.4 Å². The van der Waals surface area contributed by atoms with Crippen LogP contribution in [0.4, 0.5) is 5.69 Å². The highest BCUT2D eigenvalue weighted by molar-refractivity contribution is 6.05. The van der Waals surface area contributed by atoms with Crippen LogP contribution in [0, 0.1) is 0 Å². The van der Waals surface area contributed by atoms with Gasteiger partial charge in [-0.3, -0.25) is 0 Å². The first-order chi connectivity index (χ1) is 13.1. The Bertz CT molecular complexity index is 969. The van der Waals surface area contributed by atoms with E-state index in [0.717, 1.165) is 24.0 Å². The van der Waals surface area contributed by atoms with E-state index in [9.17, 15) is 9.59 Å². The molecule has 2 heterocycles. The number of fused-ring (bicyclic) bond motifs is 1. The minimum absolute atomic E-state index is 0.0849. The molecule has 0 saturated carbocycles. The van der Waals surface area contributed by atoms with Gasteiger partial charge in [-0.05, 0) is 36.8 Å². The number of nitrogens with zero attached hydrogens (tertiary/aromatic N) is 3. The first kappa shape index (κ1) is 18.4. The predicted octanol–water partition coefficient (Wildman–Crippen LogP) is 2.94. The molecule has 27 heavy (non-hydrogen) atoms. The monoisotopic (exact) mass is 367 g/mol. The van der Waals surface area contributed by atoms with Gasteiger partial charge in [0.15, 0.2) is 0 Å². The van der Waals surface area contributed by atoms with Gasteiger partial charge in [0.25, 0.3) is 0 Å². The number of carbonyl (C=O) groups excluding carboxylic acids is 2. The van der Waals surface area contributed by atoms with E-state index in [4.69, 9.17) is 9.47 Å². The lowest BCUT2D eigenvalue weighted by Crippen LogP contribution is -2.26. The van der Waals surface area contributed by atoms with Gasteiger partial charge in [0.1, 0.15) is 5.70 Å². The van der Waals surface area contributed by atoms with Gasteiger partial charge >= 0.3 is 11.9 Å². The highest BCUT2D eigenvalue weighted by Crippen LogP contribution is 2.28. The van der Waals surface area contributed by atoms with E-state index in [1.807, 2.05) is 18.2 Å². The number of methoxy groups -OCH3 is 2. The maximum atomic E-state index is 12.5. The van der Waals surface area contributed by atoms with Crippen LogP contribution in [0.1, 0.15) is 13.3 Å². The molecule has 0 N–H and O–H groups in total. The van der Waals surface area contributed by atoms with E-state index in [-0.39, 0.29) is 11.3 Å². The van der Waals surface area contributed by atoms with Crippen LogP contribution in [0.15, 0.2) is 60.2 Å². The van der Waals surface area contributed by atoms with E-state index >= 15 is 0 Å². The third-order valence-corrected chi connectivity index (χ3v) is 4.24. The smallest absolute Gasteiger partial charge is 0.355 e. The molecular weight excluding hydrogens is 346 g/mol. The predicted molar refractivity (Wildman–Crippen MR) is 102 cm³/mol. The van der Waals surface area contributed by atoms with Gasteiger partial charge in [-0.15, -0.1) is 0 Å². The maximum Gasteiger partial charge on any atom is 0.355 e. The fourth-order valence-electron chi connectivity index (χ4n) is 2.99. The molecule has 1 aliphatic heterocycles. The first-order valence-electron chi connectivity index (χ1n) is 8.60. The third-order valence-electron chi connectivity index (χ3n) is 4.24. The van der Waals surface area contributed by atoms with E-state index in [2.05, 4.69) is 16.5 Å². The number of hydrogen-bond acceptors (Lipinski definition) is 6. The second kappa shape index (κ2) is 7.90. The number of esters is 2. The summed E-state index contributed by atoms with van der Waals surface area (Å²) in [5.74, 6) is -1.25. The zero-order valence-electron chi connectivity index (χ0n) is 15.5. The normalized spacial score (nSPS) is 13.8. The van der Waals surface area contributed by atoms with Crippen molar-refractivity contribution in [2.24, 2.45) is 0 Å². The zero-order chi connectivity index (χ0) is 19.4. The molecule has 1 aliphatic rings.